The van der Waals surface area contributed by atoms with E-state index in [1.165, 1.54) is 0 Å². The lowest BCUT2D eigenvalue weighted by atomic mass is 9.93. The van der Waals surface area contributed by atoms with Crippen molar-refractivity contribution in [1.29, 1.82) is 0 Å². The van der Waals surface area contributed by atoms with Crippen LogP contribution in [0.4, 0.5) is 22.0 Å². The number of aliphatic hydroxyl groups is 1. The molecule has 1 aromatic carbocycles. The maximum atomic E-state index is 13.7. The average molecular weight is 309 g/mol. The van der Waals surface area contributed by atoms with Crippen molar-refractivity contribution in [3.63, 3.8) is 0 Å². The second kappa shape index (κ2) is 5.53. The smallest absolute Gasteiger partial charge is 0.390 e. The molecule has 1 aliphatic rings. The molecule has 0 saturated carbocycles. The maximum absolute atomic E-state index is 13.7. The highest BCUT2D eigenvalue weighted by Gasteiger charge is 2.35. The monoisotopic (exact) mass is 309 g/mol. The van der Waals surface area contributed by atoms with Crippen molar-refractivity contribution in [3.8, 4) is 0 Å². The van der Waals surface area contributed by atoms with E-state index in [-0.39, 0.29) is 18.2 Å². The summed E-state index contributed by atoms with van der Waals surface area (Å²) >= 11 is 0. The minimum Gasteiger partial charge on any atom is -0.390 e. The van der Waals surface area contributed by atoms with Gasteiger partial charge in [0.1, 0.15) is 11.6 Å². The first-order chi connectivity index (χ1) is 9.58. The van der Waals surface area contributed by atoms with E-state index in [1.807, 2.05) is 0 Å². The third-order valence-corrected chi connectivity index (χ3v) is 3.77. The first kappa shape index (κ1) is 16.2. The van der Waals surface area contributed by atoms with E-state index in [0.717, 1.165) is 0 Å². The van der Waals surface area contributed by atoms with Crippen molar-refractivity contribution in [2.24, 2.45) is 0 Å². The lowest BCUT2D eigenvalue weighted by Crippen LogP contribution is -2.42. The minimum atomic E-state index is -4.91. The molecule has 2 nitrogen and oxygen atoms in total. The zero-order chi connectivity index (χ0) is 15.8. The predicted molar refractivity (Wildman–Crippen MR) is 66.5 cm³/mol. The van der Waals surface area contributed by atoms with Gasteiger partial charge in [-0.2, -0.15) is 13.2 Å². The Balaban J connectivity index is 2.13. The van der Waals surface area contributed by atoms with Crippen LogP contribution in [0.2, 0.25) is 0 Å². The van der Waals surface area contributed by atoms with Crippen molar-refractivity contribution >= 4 is 0 Å². The zero-order valence-corrected chi connectivity index (χ0v) is 11.5. The van der Waals surface area contributed by atoms with Crippen LogP contribution < -0.4 is 0 Å². The summed E-state index contributed by atoms with van der Waals surface area (Å²) in [5.74, 6) is -2.54. The number of likely N-dealkylation sites (tertiary alicyclic amines) is 1. The van der Waals surface area contributed by atoms with Crippen LogP contribution in [0.25, 0.3) is 0 Å². The number of hydrogen-bond acceptors (Lipinski definition) is 2. The molecule has 0 radical (unpaired) electrons. The van der Waals surface area contributed by atoms with Crippen LogP contribution >= 0.6 is 0 Å². The maximum Gasteiger partial charge on any atom is 0.419 e. The number of rotatable bonds is 2. The minimum absolute atomic E-state index is 0.0248. The van der Waals surface area contributed by atoms with Crippen molar-refractivity contribution in [1.82, 2.24) is 4.90 Å². The van der Waals surface area contributed by atoms with E-state index in [1.54, 1.807) is 11.8 Å². The summed E-state index contributed by atoms with van der Waals surface area (Å²) in [5.41, 5.74) is -2.48. The molecule has 0 bridgehead atoms. The van der Waals surface area contributed by atoms with Gasteiger partial charge >= 0.3 is 6.18 Å². The van der Waals surface area contributed by atoms with Gasteiger partial charge in [0, 0.05) is 25.2 Å². The van der Waals surface area contributed by atoms with Crippen LogP contribution in [0.15, 0.2) is 12.1 Å². The normalized spacial score (nSPS) is 19.8. The van der Waals surface area contributed by atoms with Crippen LogP contribution in [0.1, 0.15) is 30.9 Å². The van der Waals surface area contributed by atoms with Crippen molar-refractivity contribution < 1.29 is 27.1 Å². The molecule has 0 amide bonds. The Morgan fingerprint density at radius 2 is 1.71 bits per heavy atom. The average Bonchev–Trinajstić information content (AvgIpc) is 2.34. The number of alkyl halides is 3. The molecule has 1 N–H and O–H groups in total. The molecule has 1 aliphatic heterocycles. The molecule has 7 heteroatoms. The lowest BCUT2D eigenvalue weighted by molar-refractivity contribution is -0.140. The molecule has 21 heavy (non-hydrogen) atoms. The molecule has 1 heterocycles. The van der Waals surface area contributed by atoms with Gasteiger partial charge in [0.2, 0.25) is 0 Å². The van der Waals surface area contributed by atoms with Gasteiger partial charge in [-0.3, -0.25) is 4.90 Å². The highest BCUT2D eigenvalue weighted by Crippen LogP contribution is 2.33. The van der Waals surface area contributed by atoms with Crippen LogP contribution in [0, 0.1) is 11.6 Å². The molecule has 2 rings (SSSR count). The summed E-state index contributed by atoms with van der Waals surface area (Å²) in [6.45, 7) is 2.68. The fourth-order valence-corrected chi connectivity index (χ4v) is 2.36. The van der Waals surface area contributed by atoms with E-state index >= 15 is 0 Å². The first-order valence-corrected chi connectivity index (χ1v) is 6.58. The Labute approximate surface area is 119 Å². The number of piperidine rings is 1. The SMILES string of the molecule is CC1(O)CCN(Cc2cc(F)c(C(F)(F)F)cc2F)CC1. The Bertz CT molecular complexity index is 517. The molecule has 0 aliphatic carbocycles. The number of benzene rings is 1. The Hall–Kier alpha value is -1.21. The van der Waals surface area contributed by atoms with Gasteiger partial charge in [-0.15, -0.1) is 0 Å². The van der Waals surface area contributed by atoms with Crippen LogP contribution in [0.3, 0.4) is 0 Å². The van der Waals surface area contributed by atoms with Gasteiger partial charge < -0.3 is 5.11 Å². The summed E-state index contributed by atoms with van der Waals surface area (Å²) in [5, 5.41) is 9.80. The summed E-state index contributed by atoms with van der Waals surface area (Å²) < 4.78 is 64.6. The molecule has 118 valence electrons. The molecular weight excluding hydrogens is 293 g/mol. The fraction of sp³-hybridized carbons (Fsp3) is 0.571. The van der Waals surface area contributed by atoms with E-state index in [9.17, 15) is 27.1 Å². The largest absolute Gasteiger partial charge is 0.419 e. The van der Waals surface area contributed by atoms with Crippen LogP contribution in [0.5, 0.6) is 0 Å². The topological polar surface area (TPSA) is 23.5 Å². The fourth-order valence-electron chi connectivity index (χ4n) is 2.36. The lowest BCUT2D eigenvalue weighted by Gasteiger charge is -2.35. The van der Waals surface area contributed by atoms with Gasteiger partial charge in [-0.05, 0) is 31.9 Å². The highest BCUT2D eigenvalue weighted by atomic mass is 19.4. The second-order valence-electron chi connectivity index (χ2n) is 5.69. The molecule has 0 aromatic heterocycles. The quantitative estimate of drug-likeness (QED) is 0.847. The summed E-state index contributed by atoms with van der Waals surface area (Å²) in [6.07, 6.45) is -3.94. The number of nitrogens with zero attached hydrogens (tertiary/aromatic N) is 1. The molecule has 1 fully saturated rings. The van der Waals surface area contributed by atoms with Gasteiger partial charge in [0.15, 0.2) is 0 Å². The van der Waals surface area contributed by atoms with E-state index in [0.29, 0.717) is 32.0 Å². The summed E-state index contributed by atoms with van der Waals surface area (Å²) in [4.78, 5) is 1.78. The number of hydrogen-bond donors (Lipinski definition) is 1. The van der Waals surface area contributed by atoms with Crippen molar-refractivity contribution in [2.45, 2.75) is 38.1 Å². The van der Waals surface area contributed by atoms with Crippen LogP contribution in [-0.4, -0.2) is 28.7 Å². The van der Waals surface area contributed by atoms with Gasteiger partial charge in [-0.25, -0.2) is 8.78 Å². The van der Waals surface area contributed by atoms with Crippen molar-refractivity contribution in [3.05, 3.63) is 34.9 Å². The molecule has 1 saturated heterocycles. The predicted octanol–water partition coefficient (Wildman–Crippen LogP) is 3.33. The molecule has 1 aromatic rings. The Morgan fingerprint density at radius 1 is 1.14 bits per heavy atom. The standard InChI is InChI=1S/C14H16F5NO/c1-13(21)2-4-20(5-3-13)8-9-6-12(16)10(7-11(9)15)14(17,18)19/h6-7,21H,2-5,8H2,1H3. The molecular formula is C14H16F5NO. The Kier molecular flexibility index (Phi) is 4.26. The molecule has 0 spiro atoms. The molecule has 0 atom stereocenters. The van der Waals surface area contributed by atoms with E-state index in [2.05, 4.69) is 0 Å². The van der Waals surface area contributed by atoms with Crippen molar-refractivity contribution in [2.75, 3.05) is 13.1 Å². The summed E-state index contributed by atoms with van der Waals surface area (Å²) in [6, 6.07) is 0.801. The zero-order valence-electron chi connectivity index (χ0n) is 11.5. The van der Waals surface area contributed by atoms with Crippen LogP contribution in [-0.2, 0) is 12.7 Å². The van der Waals surface area contributed by atoms with E-state index in [4.69, 9.17) is 0 Å². The van der Waals surface area contributed by atoms with Gasteiger partial charge in [0.25, 0.3) is 0 Å². The summed E-state index contributed by atoms with van der Waals surface area (Å²) in [7, 11) is 0. The molecule has 0 unspecified atom stereocenters. The van der Waals surface area contributed by atoms with E-state index < -0.39 is 29.0 Å². The third kappa shape index (κ3) is 3.91. The third-order valence-electron chi connectivity index (χ3n) is 3.77. The Morgan fingerprint density at radius 3 is 2.24 bits per heavy atom. The first-order valence-electron chi connectivity index (χ1n) is 6.58. The van der Waals surface area contributed by atoms with Gasteiger partial charge in [-0.1, -0.05) is 0 Å². The second-order valence-corrected chi connectivity index (χ2v) is 5.69. The number of halogens is 5. The van der Waals surface area contributed by atoms with Gasteiger partial charge in [0.05, 0.1) is 11.2 Å². The highest BCUT2D eigenvalue weighted by molar-refractivity contribution is 5.28.